The number of hydrogen-bond donors (Lipinski definition) is 1. The highest BCUT2D eigenvalue weighted by Gasteiger charge is 2.23. The van der Waals surface area contributed by atoms with Gasteiger partial charge in [0.25, 0.3) is 0 Å². The third-order valence-corrected chi connectivity index (χ3v) is 4.14. The van der Waals surface area contributed by atoms with E-state index in [4.69, 9.17) is 5.73 Å². The molecule has 2 N–H and O–H groups in total. The Bertz CT molecular complexity index is 212. The first-order chi connectivity index (χ1) is 8.42. The van der Waals surface area contributed by atoms with Crippen molar-refractivity contribution in [3.8, 4) is 0 Å². The van der Waals surface area contributed by atoms with Crippen LogP contribution in [0.25, 0.3) is 0 Å². The van der Waals surface area contributed by atoms with Crippen LogP contribution in [0, 0.1) is 5.41 Å². The second-order valence-electron chi connectivity index (χ2n) is 7.27. The van der Waals surface area contributed by atoms with Gasteiger partial charge in [-0.05, 0) is 63.5 Å². The minimum Gasteiger partial charge on any atom is -0.328 e. The summed E-state index contributed by atoms with van der Waals surface area (Å²) in [7, 11) is 0. The summed E-state index contributed by atoms with van der Waals surface area (Å²) in [6.45, 7) is 11.9. The average Bonchev–Trinajstić information content (AvgIpc) is 2.27. The Labute approximate surface area is 114 Å². The van der Waals surface area contributed by atoms with Gasteiger partial charge in [-0.3, -0.25) is 0 Å². The van der Waals surface area contributed by atoms with Gasteiger partial charge in [-0.1, -0.05) is 27.7 Å². The lowest BCUT2D eigenvalue weighted by atomic mass is 9.89. The van der Waals surface area contributed by atoms with Crippen LogP contribution in [0.1, 0.15) is 72.6 Å². The third kappa shape index (κ3) is 6.19. The van der Waals surface area contributed by atoms with E-state index < -0.39 is 0 Å². The van der Waals surface area contributed by atoms with Gasteiger partial charge in [0.2, 0.25) is 0 Å². The summed E-state index contributed by atoms with van der Waals surface area (Å²) in [4.78, 5) is 2.73. The van der Waals surface area contributed by atoms with Crippen molar-refractivity contribution >= 4 is 0 Å². The highest BCUT2D eigenvalue weighted by atomic mass is 15.1. The second kappa shape index (κ2) is 7.49. The van der Waals surface area contributed by atoms with Crippen LogP contribution in [-0.2, 0) is 0 Å². The monoisotopic (exact) mass is 254 g/mol. The first-order valence-corrected chi connectivity index (χ1v) is 7.92. The first kappa shape index (κ1) is 16.0. The zero-order valence-corrected chi connectivity index (χ0v) is 13.0. The topological polar surface area (TPSA) is 29.3 Å². The fourth-order valence-electron chi connectivity index (χ4n) is 3.04. The summed E-state index contributed by atoms with van der Waals surface area (Å²) in [6.07, 6.45) is 9.03. The highest BCUT2D eigenvalue weighted by Crippen LogP contribution is 2.25. The zero-order chi connectivity index (χ0) is 13.6. The summed E-state index contributed by atoms with van der Waals surface area (Å²) < 4.78 is 0. The molecule has 0 radical (unpaired) electrons. The Morgan fingerprint density at radius 3 is 2.17 bits per heavy atom. The van der Waals surface area contributed by atoms with E-state index in [-0.39, 0.29) is 0 Å². The molecule has 1 aliphatic rings. The third-order valence-electron chi connectivity index (χ3n) is 4.14. The van der Waals surface area contributed by atoms with Crippen LogP contribution in [0.4, 0.5) is 0 Å². The van der Waals surface area contributed by atoms with E-state index in [1.54, 1.807) is 0 Å². The molecule has 0 aromatic rings. The molecule has 0 spiro atoms. The molecule has 2 heteroatoms. The fourth-order valence-corrected chi connectivity index (χ4v) is 3.04. The Hall–Kier alpha value is -0.0800. The van der Waals surface area contributed by atoms with Gasteiger partial charge >= 0.3 is 0 Å². The maximum atomic E-state index is 6.01. The van der Waals surface area contributed by atoms with E-state index >= 15 is 0 Å². The van der Waals surface area contributed by atoms with E-state index in [0.717, 1.165) is 6.04 Å². The Kier molecular flexibility index (Phi) is 6.65. The predicted octanol–water partition coefficient (Wildman–Crippen LogP) is 3.79. The molecular formula is C16H34N2. The average molecular weight is 254 g/mol. The summed E-state index contributed by atoms with van der Waals surface area (Å²) in [6, 6.07) is 1.28. The summed E-state index contributed by atoms with van der Waals surface area (Å²) in [5, 5.41) is 0. The molecule has 0 aliphatic heterocycles. The van der Waals surface area contributed by atoms with Crippen LogP contribution in [0.2, 0.25) is 0 Å². The molecule has 0 aromatic heterocycles. The lowest BCUT2D eigenvalue weighted by Crippen LogP contribution is -2.41. The minimum atomic E-state index is 0.472. The molecule has 18 heavy (non-hydrogen) atoms. The SMILES string of the molecule is CCCN(CCCC(C)(C)C)C1CCC(N)CC1. The van der Waals surface area contributed by atoms with Crippen molar-refractivity contribution in [2.45, 2.75) is 84.7 Å². The van der Waals surface area contributed by atoms with Crippen LogP contribution in [-0.4, -0.2) is 30.1 Å². The molecule has 0 saturated heterocycles. The maximum absolute atomic E-state index is 6.01. The summed E-state index contributed by atoms with van der Waals surface area (Å²) in [5.74, 6) is 0. The molecular weight excluding hydrogens is 220 g/mol. The van der Waals surface area contributed by atoms with Gasteiger partial charge in [0.15, 0.2) is 0 Å². The molecule has 0 amide bonds. The van der Waals surface area contributed by atoms with Crippen molar-refractivity contribution in [3.05, 3.63) is 0 Å². The van der Waals surface area contributed by atoms with Crippen LogP contribution >= 0.6 is 0 Å². The van der Waals surface area contributed by atoms with Crippen molar-refractivity contribution in [3.63, 3.8) is 0 Å². The van der Waals surface area contributed by atoms with Gasteiger partial charge < -0.3 is 10.6 Å². The Morgan fingerprint density at radius 2 is 1.67 bits per heavy atom. The molecule has 1 fully saturated rings. The molecule has 0 aromatic carbocycles. The van der Waals surface area contributed by atoms with Gasteiger partial charge in [0.05, 0.1) is 0 Å². The molecule has 1 aliphatic carbocycles. The number of hydrogen-bond acceptors (Lipinski definition) is 2. The molecule has 0 heterocycles. The van der Waals surface area contributed by atoms with Gasteiger partial charge in [0, 0.05) is 12.1 Å². The standard InChI is InChI=1S/C16H34N2/c1-5-12-18(13-6-11-16(2,3)4)15-9-7-14(17)8-10-15/h14-15H,5-13,17H2,1-4H3. The molecule has 2 nitrogen and oxygen atoms in total. The highest BCUT2D eigenvalue weighted by molar-refractivity contribution is 4.81. The molecule has 0 atom stereocenters. The van der Waals surface area contributed by atoms with Crippen molar-refractivity contribution in [2.24, 2.45) is 11.1 Å². The van der Waals surface area contributed by atoms with Gasteiger partial charge in [-0.15, -0.1) is 0 Å². The van der Waals surface area contributed by atoms with Crippen molar-refractivity contribution < 1.29 is 0 Å². The largest absolute Gasteiger partial charge is 0.328 e. The molecule has 108 valence electrons. The second-order valence-corrected chi connectivity index (χ2v) is 7.27. The molecule has 1 saturated carbocycles. The number of nitrogens with two attached hydrogens (primary N) is 1. The minimum absolute atomic E-state index is 0.472. The Morgan fingerprint density at radius 1 is 1.06 bits per heavy atom. The van der Waals surface area contributed by atoms with Gasteiger partial charge in [-0.2, -0.15) is 0 Å². The number of nitrogens with zero attached hydrogens (tertiary/aromatic N) is 1. The quantitative estimate of drug-likeness (QED) is 0.781. The van der Waals surface area contributed by atoms with E-state index in [1.807, 2.05) is 0 Å². The van der Waals surface area contributed by atoms with Gasteiger partial charge in [-0.25, -0.2) is 0 Å². The smallest absolute Gasteiger partial charge is 0.00964 e. The van der Waals surface area contributed by atoms with Crippen LogP contribution < -0.4 is 5.73 Å². The normalized spacial score (nSPS) is 25.7. The zero-order valence-electron chi connectivity index (χ0n) is 13.0. The molecule has 0 bridgehead atoms. The van der Waals surface area contributed by atoms with Crippen LogP contribution in [0.15, 0.2) is 0 Å². The first-order valence-electron chi connectivity index (χ1n) is 7.92. The lowest BCUT2D eigenvalue weighted by molar-refractivity contribution is 0.142. The molecule has 1 rings (SSSR count). The van der Waals surface area contributed by atoms with Crippen molar-refractivity contribution in [1.29, 1.82) is 0 Å². The lowest BCUT2D eigenvalue weighted by Gasteiger charge is -2.36. The molecule has 0 unspecified atom stereocenters. The van der Waals surface area contributed by atoms with Crippen LogP contribution in [0.5, 0.6) is 0 Å². The van der Waals surface area contributed by atoms with Crippen molar-refractivity contribution in [1.82, 2.24) is 4.90 Å². The fraction of sp³-hybridized carbons (Fsp3) is 1.00. The Balaban J connectivity index is 2.34. The van der Waals surface area contributed by atoms with E-state index in [0.29, 0.717) is 11.5 Å². The number of rotatable bonds is 6. The summed E-state index contributed by atoms with van der Waals surface area (Å²) >= 11 is 0. The van der Waals surface area contributed by atoms with E-state index in [1.165, 1.54) is 58.0 Å². The van der Waals surface area contributed by atoms with Crippen LogP contribution in [0.3, 0.4) is 0 Å². The van der Waals surface area contributed by atoms with E-state index in [2.05, 4.69) is 32.6 Å². The van der Waals surface area contributed by atoms with Gasteiger partial charge in [0.1, 0.15) is 0 Å². The predicted molar refractivity (Wildman–Crippen MR) is 80.8 cm³/mol. The van der Waals surface area contributed by atoms with Crippen molar-refractivity contribution in [2.75, 3.05) is 13.1 Å². The summed E-state index contributed by atoms with van der Waals surface area (Å²) in [5.41, 5.74) is 6.49. The maximum Gasteiger partial charge on any atom is 0.00964 e. The van der Waals surface area contributed by atoms with E-state index in [9.17, 15) is 0 Å².